The van der Waals surface area contributed by atoms with E-state index in [4.69, 9.17) is 11.6 Å². The predicted molar refractivity (Wildman–Crippen MR) is 75.5 cm³/mol. The molecule has 1 heterocycles. The molecule has 5 heteroatoms. The number of anilines is 1. The number of aromatic nitrogens is 1. The number of nitrogens with zero attached hydrogens (tertiary/aromatic N) is 1. The zero-order valence-corrected chi connectivity index (χ0v) is 11.7. The fourth-order valence-corrected chi connectivity index (χ4v) is 2.52. The summed E-state index contributed by atoms with van der Waals surface area (Å²) in [6.45, 7) is 3.93. The van der Waals surface area contributed by atoms with Gasteiger partial charge in [0.1, 0.15) is 0 Å². The molecule has 0 unspecified atom stereocenters. The van der Waals surface area contributed by atoms with Crippen molar-refractivity contribution >= 4 is 34.0 Å². The van der Waals surface area contributed by atoms with Crippen molar-refractivity contribution in [2.75, 3.05) is 5.32 Å². The lowest BCUT2D eigenvalue weighted by molar-refractivity contribution is 0.102. The molecule has 0 spiro atoms. The van der Waals surface area contributed by atoms with Gasteiger partial charge in [-0.2, -0.15) is 0 Å². The Morgan fingerprint density at radius 1 is 1.44 bits per heavy atom. The first kappa shape index (κ1) is 13.1. The highest BCUT2D eigenvalue weighted by Gasteiger charge is 2.12. The Kier molecular flexibility index (Phi) is 3.99. The summed E-state index contributed by atoms with van der Waals surface area (Å²) in [6, 6.07) is 5.68. The molecular formula is C13H13ClN2OS. The molecule has 2 aromatic rings. The smallest absolute Gasteiger partial charge is 0.257 e. The summed E-state index contributed by atoms with van der Waals surface area (Å²) in [6.07, 6.45) is 0. The van der Waals surface area contributed by atoms with Gasteiger partial charge in [-0.05, 0) is 31.0 Å². The monoisotopic (exact) mass is 280 g/mol. The maximum Gasteiger partial charge on any atom is 0.257 e. The molecule has 3 nitrogen and oxygen atoms in total. The molecule has 0 radical (unpaired) electrons. The minimum absolute atomic E-state index is 0.133. The summed E-state index contributed by atoms with van der Waals surface area (Å²) in [5.41, 5.74) is 3.54. The lowest BCUT2D eigenvalue weighted by Gasteiger charge is -2.07. The topological polar surface area (TPSA) is 42.0 Å². The van der Waals surface area contributed by atoms with E-state index in [-0.39, 0.29) is 5.91 Å². The van der Waals surface area contributed by atoms with Crippen molar-refractivity contribution in [2.24, 2.45) is 0 Å². The molecule has 18 heavy (non-hydrogen) atoms. The third-order valence-corrected chi connectivity index (χ3v) is 3.84. The second-order valence-corrected chi connectivity index (χ2v) is 5.10. The lowest BCUT2D eigenvalue weighted by Crippen LogP contribution is -2.13. The number of amides is 1. The van der Waals surface area contributed by atoms with Crippen molar-refractivity contribution in [1.29, 1.82) is 0 Å². The quantitative estimate of drug-likeness (QED) is 0.870. The molecule has 0 aliphatic carbocycles. The standard InChI is InChI=1S/C13H13ClN2OS/c1-8-4-3-5-11(9(8)2)12(17)16-13-15-10(6-14)7-18-13/h3-5,7H,6H2,1-2H3,(H,15,16,17). The number of thiazole rings is 1. The molecule has 1 N–H and O–H groups in total. The van der Waals surface area contributed by atoms with Crippen molar-refractivity contribution in [1.82, 2.24) is 4.98 Å². The van der Waals surface area contributed by atoms with Gasteiger partial charge in [0.25, 0.3) is 5.91 Å². The van der Waals surface area contributed by atoms with Gasteiger partial charge in [-0.15, -0.1) is 22.9 Å². The molecule has 0 saturated carbocycles. The molecule has 1 amide bonds. The summed E-state index contributed by atoms with van der Waals surface area (Å²) >= 11 is 7.05. The lowest BCUT2D eigenvalue weighted by atomic mass is 10.0. The number of benzene rings is 1. The minimum atomic E-state index is -0.133. The molecule has 0 aliphatic rings. The van der Waals surface area contributed by atoms with Crippen molar-refractivity contribution < 1.29 is 4.79 Å². The maximum absolute atomic E-state index is 12.1. The third kappa shape index (κ3) is 2.71. The van der Waals surface area contributed by atoms with Crippen LogP contribution in [0.4, 0.5) is 5.13 Å². The molecule has 0 saturated heterocycles. The van der Waals surface area contributed by atoms with Gasteiger partial charge in [0.05, 0.1) is 11.6 Å². The number of hydrogen-bond donors (Lipinski definition) is 1. The number of hydrogen-bond acceptors (Lipinski definition) is 3. The highest BCUT2D eigenvalue weighted by atomic mass is 35.5. The first-order valence-corrected chi connectivity index (χ1v) is 6.91. The molecule has 0 atom stereocenters. The zero-order chi connectivity index (χ0) is 13.1. The number of rotatable bonds is 3. The fraction of sp³-hybridized carbons (Fsp3) is 0.231. The Morgan fingerprint density at radius 2 is 2.22 bits per heavy atom. The highest BCUT2D eigenvalue weighted by molar-refractivity contribution is 7.14. The van der Waals surface area contributed by atoms with Gasteiger partial charge >= 0.3 is 0 Å². The summed E-state index contributed by atoms with van der Waals surface area (Å²) in [5, 5.41) is 5.21. The summed E-state index contributed by atoms with van der Waals surface area (Å²) < 4.78 is 0. The molecule has 0 aliphatic heterocycles. The van der Waals surface area contributed by atoms with Gasteiger partial charge in [0, 0.05) is 10.9 Å². The van der Waals surface area contributed by atoms with E-state index in [1.165, 1.54) is 11.3 Å². The first-order chi connectivity index (χ1) is 8.61. The fourth-order valence-electron chi connectivity index (χ4n) is 1.59. The van der Waals surface area contributed by atoms with E-state index in [1.807, 2.05) is 37.4 Å². The van der Waals surface area contributed by atoms with Crippen molar-refractivity contribution in [3.8, 4) is 0 Å². The van der Waals surface area contributed by atoms with Crippen LogP contribution in [-0.4, -0.2) is 10.9 Å². The van der Waals surface area contributed by atoms with E-state index in [0.717, 1.165) is 16.8 Å². The van der Waals surface area contributed by atoms with E-state index >= 15 is 0 Å². The second kappa shape index (κ2) is 5.50. The normalized spacial score (nSPS) is 10.4. The highest BCUT2D eigenvalue weighted by Crippen LogP contribution is 2.19. The number of halogens is 1. The van der Waals surface area contributed by atoms with E-state index in [2.05, 4.69) is 10.3 Å². The van der Waals surface area contributed by atoms with Gasteiger partial charge in [-0.3, -0.25) is 10.1 Å². The van der Waals surface area contributed by atoms with Gasteiger partial charge in [0.2, 0.25) is 0 Å². The van der Waals surface area contributed by atoms with Crippen molar-refractivity contribution in [2.45, 2.75) is 19.7 Å². The Labute approximate surface area is 115 Å². The van der Waals surface area contributed by atoms with Crippen LogP contribution in [0.3, 0.4) is 0 Å². The van der Waals surface area contributed by atoms with Crippen LogP contribution in [0.15, 0.2) is 23.6 Å². The Morgan fingerprint density at radius 3 is 2.89 bits per heavy atom. The van der Waals surface area contributed by atoms with E-state index in [9.17, 15) is 4.79 Å². The van der Waals surface area contributed by atoms with Gasteiger partial charge in [-0.1, -0.05) is 12.1 Å². The van der Waals surface area contributed by atoms with Gasteiger partial charge in [0.15, 0.2) is 5.13 Å². The number of carbonyl (C=O) groups is 1. The Hall–Kier alpha value is -1.39. The predicted octanol–water partition coefficient (Wildman–Crippen LogP) is 3.75. The first-order valence-electron chi connectivity index (χ1n) is 5.49. The van der Waals surface area contributed by atoms with E-state index in [1.54, 1.807) is 0 Å². The molecule has 1 aromatic heterocycles. The average Bonchev–Trinajstić information content (AvgIpc) is 2.80. The average molecular weight is 281 g/mol. The number of carbonyl (C=O) groups excluding carboxylic acids is 1. The van der Waals surface area contributed by atoms with E-state index in [0.29, 0.717) is 16.6 Å². The zero-order valence-electron chi connectivity index (χ0n) is 10.2. The SMILES string of the molecule is Cc1cccc(C(=O)Nc2nc(CCl)cs2)c1C. The summed E-state index contributed by atoms with van der Waals surface area (Å²) in [5.74, 6) is 0.224. The maximum atomic E-state index is 12.1. The van der Waals surface area contributed by atoms with Crippen LogP contribution in [0.25, 0.3) is 0 Å². The van der Waals surface area contributed by atoms with Crippen LogP contribution in [0.5, 0.6) is 0 Å². The van der Waals surface area contributed by atoms with Crippen molar-refractivity contribution in [3.05, 3.63) is 46.0 Å². The largest absolute Gasteiger partial charge is 0.298 e. The molecule has 1 aromatic carbocycles. The number of nitrogens with one attached hydrogen (secondary N) is 1. The third-order valence-electron chi connectivity index (χ3n) is 2.76. The minimum Gasteiger partial charge on any atom is -0.298 e. The molecule has 94 valence electrons. The molecule has 0 fully saturated rings. The van der Waals surface area contributed by atoms with Crippen molar-refractivity contribution in [3.63, 3.8) is 0 Å². The van der Waals surface area contributed by atoms with Gasteiger partial charge < -0.3 is 0 Å². The number of aryl methyl sites for hydroxylation is 1. The van der Waals surface area contributed by atoms with Crippen LogP contribution >= 0.6 is 22.9 Å². The van der Waals surface area contributed by atoms with Gasteiger partial charge in [-0.25, -0.2) is 4.98 Å². The Balaban J connectivity index is 2.19. The van der Waals surface area contributed by atoms with Crippen LogP contribution in [-0.2, 0) is 5.88 Å². The van der Waals surface area contributed by atoms with Crippen LogP contribution in [0.1, 0.15) is 27.2 Å². The second-order valence-electron chi connectivity index (χ2n) is 3.98. The molecular weight excluding hydrogens is 268 g/mol. The molecule has 2 rings (SSSR count). The number of alkyl halides is 1. The van der Waals surface area contributed by atoms with Crippen LogP contribution in [0, 0.1) is 13.8 Å². The Bertz CT molecular complexity index is 580. The summed E-state index contributed by atoms with van der Waals surface area (Å²) in [4.78, 5) is 16.3. The molecule has 0 bridgehead atoms. The van der Waals surface area contributed by atoms with Crippen LogP contribution < -0.4 is 5.32 Å². The van der Waals surface area contributed by atoms with E-state index < -0.39 is 0 Å². The van der Waals surface area contributed by atoms with Crippen LogP contribution in [0.2, 0.25) is 0 Å². The summed E-state index contributed by atoms with van der Waals surface area (Å²) in [7, 11) is 0.